The average molecular weight is 275 g/mol. The first-order valence-corrected chi connectivity index (χ1v) is 7.24. The van der Waals surface area contributed by atoms with E-state index in [1.165, 1.54) is 12.7 Å². The van der Waals surface area contributed by atoms with Gasteiger partial charge in [-0.3, -0.25) is 9.69 Å². The molecule has 2 aliphatic rings. The number of ether oxygens (including phenoxy) is 2. The van der Waals surface area contributed by atoms with Gasteiger partial charge >= 0.3 is 5.97 Å². The third-order valence-corrected chi connectivity index (χ3v) is 4.60. The highest BCUT2D eigenvalue weighted by Gasteiger charge is 2.46. The van der Waals surface area contributed by atoms with Gasteiger partial charge in [-0.2, -0.15) is 0 Å². The van der Waals surface area contributed by atoms with Gasteiger partial charge < -0.3 is 9.47 Å². The van der Waals surface area contributed by atoms with Crippen molar-refractivity contribution in [3.05, 3.63) is 35.9 Å². The van der Waals surface area contributed by atoms with Crippen LogP contribution in [0.2, 0.25) is 0 Å². The second-order valence-electron chi connectivity index (χ2n) is 5.61. The molecule has 0 N–H and O–H groups in total. The highest BCUT2D eigenvalue weighted by Crippen LogP contribution is 2.40. The maximum atomic E-state index is 11.9. The van der Waals surface area contributed by atoms with Crippen molar-refractivity contribution in [1.29, 1.82) is 0 Å². The van der Waals surface area contributed by atoms with E-state index in [9.17, 15) is 4.79 Å². The molecule has 2 fully saturated rings. The Hall–Kier alpha value is -1.39. The van der Waals surface area contributed by atoms with Crippen LogP contribution in [0.15, 0.2) is 30.3 Å². The zero-order valence-electron chi connectivity index (χ0n) is 12.0. The van der Waals surface area contributed by atoms with Crippen LogP contribution in [0.1, 0.15) is 31.4 Å². The van der Waals surface area contributed by atoms with Gasteiger partial charge in [-0.05, 0) is 25.3 Å². The van der Waals surface area contributed by atoms with Crippen LogP contribution in [0.25, 0.3) is 0 Å². The Balaban J connectivity index is 1.84. The number of fused-ring (bicyclic) bond motifs is 1. The van der Waals surface area contributed by atoms with Crippen molar-refractivity contribution in [2.45, 2.75) is 38.1 Å². The molecule has 0 saturated carbocycles. The van der Waals surface area contributed by atoms with Crippen LogP contribution in [0.3, 0.4) is 0 Å². The standard InChI is InChI=1S/C16H21NO3/c1-11-13(16(18)19-2)8-9-15-17(11)14(10-20-15)12-6-4-3-5-7-12/h3-7,11,13-15H,8-10H2,1-2H3/t11-,13-,14-,15-/m1/s1. The lowest BCUT2D eigenvalue weighted by molar-refractivity contribution is -0.153. The van der Waals surface area contributed by atoms with Crippen molar-refractivity contribution in [2.75, 3.05) is 13.7 Å². The highest BCUT2D eigenvalue weighted by molar-refractivity contribution is 5.73. The molecule has 0 radical (unpaired) electrons. The van der Waals surface area contributed by atoms with Gasteiger partial charge in [0.15, 0.2) is 0 Å². The molecule has 2 saturated heterocycles. The highest BCUT2D eigenvalue weighted by atomic mass is 16.5. The number of nitrogens with zero attached hydrogens (tertiary/aromatic N) is 1. The summed E-state index contributed by atoms with van der Waals surface area (Å²) in [5.41, 5.74) is 1.26. The quantitative estimate of drug-likeness (QED) is 0.777. The number of rotatable bonds is 2. The molecule has 2 heterocycles. The summed E-state index contributed by atoms with van der Waals surface area (Å²) in [6.45, 7) is 2.81. The molecule has 4 atom stereocenters. The van der Waals surface area contributed by atoms with Gasteiger partial charge in [0, 0.05) is 6.04 Å². The van der Waals surface area contributed by atoms with Gasteiger partial charge in [0.05, 0.1) is 25.7 Å². The summed E-state index contributed by atoms with van der Waals surface area (Å²) >= 11 is 0. The van der Waals surface area contributed by atoms with Crippen molar-refractivity contribution in [2.24, 2.45) is 5.92 Å². The molecule has 0 unspecified atom stereocenters. The molecular weight excluding hydrogens is 254 g/mol. The minimum absolute atomic E-state index is 0.0517. The van der Waals surface area contributed by atoms with Crippen LogP contribution in [-0.2, 0) is 14.3 Å². The monoisotopic (exact) mass is 275 g/mol. The first-order valence-electron chi connectivity index (χ1n) is 7.24. The largest absolute Gasteiger partial charge is 0.469 e. The summed E-state index contributed by atoms with van der Waals surface area (Å²) in [5, 5.41) is 0. The molecule has 4 nitrogen and oxygen atoms in total. The predicted octanol–water partition coefficient (Wildman–Crippen LogP) is 2.36. The van der Waals surface area contributed by atoms with Crippen LogP contribution in [-0.4, -0.2) is 36.9 Å². The summed E-state index contributed by atoms with van der Waals surface area (Å²) in [6, 6.07) is 10.8. The van der Waals surface area contributed by atoms with Crippen molar-refractivity contribution in [1.82, 2.24) is 4.90 Å². The number of carbonyl (C=O) groups is 1. The summed E-state index contributed by atoms with van der Waals surface area (Å²) in [5.74, 6) is -0.154. The molecule has 0 aromatic heterocycles. The first-order chi connectivity index (χ1) is 9.72. The van der Waals surface area contributed by atoms with Crippen molar-refractivity contribution in [3.63, 3.8) is 0 Å². The van der Waals surface area contributed by atoms with Crippen LogP contribution in [0, 0.1) is 5.92 Å². The Kier molecular flexibility index (Phi) is 3.76. The lowest BCUT2D eigenvalue weighted by Gasteiger charge is -2.41. The van der Waals surface area contributed by atoms with E-state index in [0.717, 1.165) is 12.8 Å². The fourth-order valence-corrected chi connectivity index (χ4v) is 3.53. The molecule has 3 rings (SSSR count). The van der Waals surface area contributed by atoms with Crippen LogP contribution in [0.4, 0.5) is 0 Å². The predicted molar refractivity (Wildman–Crippen MR) is 75.0 cm³/mol. The molecule has 4 heteroatoms. The molecule has 108 valence electrons. The van der Waals surface area contributed by atoms with Crippen LogP contribution >= 0.6 is 0 Å². The first kappa shape index (κ1) is 13.6. The van der Waals surface area contributed by atoms with E-state index >= 15 is 0 Å². The molecule has 2 aliphatic heterocycles. The van der Waals surface area contributed by atoms with E-state index in [0.29, 0.717) is 6.61 Å². The fourth-order valence-electron chi connectivity index (χ4n) is 3.53. The number of hydrogen-bond acceptors (Lipinski definition) is 4. The summed E-state index contributed by atoms with van der Waals surface area (Å²) in [6.07, 6.45) is 1.88. The zero-order chi connectivity index (χ0) is 14.1. The minimum Gasteiger partial charge on any atom is -0.469 e. The van der Waals surface area contributed by atoms with Gasteiger partial charge in [-0.25, -0.2) is 0 Å². The fraction of sp³-hybridized carbons (Fsp3) is 0.562. The zero-order valence-corrected chi connectivity index (χ0v) is 12.0. The smallest absolute Gasteiger partial charge is 0.310 e. The summed E-state index contributed by atoms with van der Waals surface area (Å²) in [4.78, 5) is 14.3. The van der Waals surface area contributed by atoms with Gasteiger partial charge in [0.1, 0.15) is 6.23 Å². The third kappa shape index (κ3) is 2.23. The van der Waals surface area contributed by atoms with Crippen molar-refractivity contribution in [3.8, 4) is 0 Å². The number of benzene rings is 1. The molecule has 0 aliphatic carbocycles. The molecule has 20 heavy (non-hydrogen) atoms. The second kappa shape index (κ2) is 5.54. The Morgan fingerprint density at radius 3 is 2.75 bits per heavy atom. The molecular formula is C16H21NO3. The molecule has 1 aromatic rings. The SMILES string of the molecule is COC(=O)[C@@H]1CC[C@H]2OC[C@H](c3ccccc3)N2[C@@H]1C. The van der Waals surface area contributed by atoms with Crippen molar-refractivity contribution >= 4 is 5.97 Å². The van der Waals surface area contributed by atoms with E-state index in [4.69, 9.17) is 9.47 Å². The van der Waals surface area contributed by atoms with Crippen LogP contribution < -0.4 is 0 Å². The number of esters is 1. The molecule has 0 spiro atoms. The van der Waals surface area contributed by atoms with E-state index in [-0.39, 0.29) is 30.2 Å². The average Bonchev–Trinajstić information content (AvgIpc) is 2.92. The van der Waals surface area contributed by atoms with E-state index in [1.807, 2.05) is 6.07 Å². The van der Waals surface area contributed by atoms with Gasteiger partial charge in [-0.1, -0.05) is 30.3 Å². The van der Waals surface area contributed by atoms with Gasteiger partial charge in [0.25, 0.3) is 0 Å². The Morgan fingerprint density at radius 1 is 1.30 bits per heavy atom. The number of hydrogen-bond donors (Lipinski definition) is 0. The van der Waals surface area contributed by atoms with Crippen molar-refractivity contribution < 1.29 is 14.3 Å². The lowest BCUT2D eigenvalue weighted by atomic mass is 9.88. The maximum Gasteiger partial charge on any atom is 0.310 e. The molecule has 0 bridgehead atoms. The number of carbonyl (C=O) groups excluding carboxylic acids is 1. The number of piperidine rings is 1. The second-order valence-corrected chi connectivity index (χ2v) is 5.61. The van der Waals surface area contributed by atoms with E-state index in [1.54, 1.807) is 0 Å². The lowest BCUT2D eigenvalue weighted by Crippen LogP contribution is -2.50. The van der Waals surface area contributed by atoms with E-state index < -0.39 is 0 Å². The normalized spacial score (nSPS) is 33.7. The van der Waals surface area contributed by atoms with E-state index in [2.05, 4.69) is 36.1 Å². The summed E-state index contributed by atoms with van der Waals surface area (Å²) in [7, 11) is 1.47. The van der Waals surface area contributed by atoms with Gasteiger partial charge in [-0.15, -0.1) is 0 Å². The Morgan fingerprint density at radius 2 is 2.05 bits per heavy atom. The van der Waals surface area contributed by atoms with Gasteiger partial charge in [0.2, 0.25) is 0 Å². The summed E-state index contributed by atoms with van der Waals surface area (Å²) < 4.78 is 10.9. The Bertz CT molecular complexity index is 476. The van der Waals surface area contributed by atoms with Crippen LogP contribution in [0.5, 0.6) is 0 Å². The minimum atomic E-state index is -0.102. The number of methoxy groups -OCH3 is 1. The maximum absolute atomic E-state index is 11.9. The topological polar surface area (TPSA) is 38.8 Å². The Labute approximate surface area is 119 Å². The molecule has 0 amide bonds. The third-order valence-electron chi connectivity index (χ3n) is 4.60. The molecule has 1 aromatic carbocycles.